The van der Waals surface area contributed by atoms with Crippen LogP contribution in [0.5, 0.6) is 5.75 Å². The zero-order valence-electron chi connectivity index (χ0n) is 9.96. The van der Waals surface area contributed by atoms with Crippen LogP contribution in [0.4, 0.5) is 8.78 Å². The SMILES string of the molecule is FC(F)Oc1ccc2[nH]cc(CC3CCC3)c2c1. The molecule has 1 saturated carbocycles. The maximum atomic E-state index is 12.2. The zero-order chi connectivity index (χ0) is 12.5. The summed E-state index contributed by atoms with van der Waals surface area (Å²) >= 11 is 0. The minimum Gasteiger partial charge on any atom is -0.435 e. The Hall–Kier alpha value is -1.58. The topological polar surface area (TPSA) is 25.0 Å². The van der Waals surface area contributed by atoms with E-state index >= 15 is 0 Å². The van der Waals surface area contributed by atoms with Crippen molar-refractivity contribution in [3.8, 4) is 5.75 Å². The van der Waals surface area contributed by atoms with Crippen LogP contribution in [0, 0.1) is 5.92 Å². The number of nitrogens with one attached hydrogen (secondary N) is 1. The van der Waals surface area contributed by atoms with E-state index in [-0.39, 0.29) is 5.75 Å². The van der Waals surface area contributed by atoms with Crippen molar-refractivity contribution in [2.75, 3.05) is 0 Å². The van der Waals surface area contributed by atoms with Crippen molar-refractivity contribution in [2.45, 2.75) is 32.3 Å². The molecule has 1 heterocycles. The molecule has 1 aromatic carbocycles. The van der Waals surface area contributed by atoms with Gasteiger partial charge in [0, 0.05) is 17.1 Å². The number of aromatic nitrogens is 1. The molecule has 0 radical (unpaired) electrons. The van der Waals surface area contributed by atoms with Crippen LogP contribution in [-0.2, 0) is 6.42 Å². The standard InChI is InChI=1S/C14H15F2NO/c15-14(16)18-11-4-5-13-12(7-11)10(8-17-13)6-9-2-1-3-9/h4-5,7-9,14,17H,1-3,6H2. The average Bonchev–Trinajstić information content (AvgIpc) is 2.65. The van der Waals surface area contributed by atoms with E-state index in [0.29, 0.717) is 0 Å². The van der Waals surface area contributed by atoms with E-state index in [4.69, 9.17) is 0 Å². The first kappa shape index (κ1) is 11.5. The number of H-pyrrole nitrogens is 1. The number of aromatic amines is 1. The van der Waals surface area contributed by atoms with Gasteiger partial charge in [-0.05, 0) is 36.1 Å². The summed E-state index contributed by atoms with van der Waals surface area (Å²) in [6, 6.07) is 5.06. The van der Waals surface area contributed by atoms with Crippen LogP contribution in [0.3, 0.4) is 0 Å². The zero-order valence-corrected chi connectivity index (χ0v) is 9.96. The van der Waals surface area contributed by atoms with Gasteiger partial charge in [0.05, 0.1) is 0 Å². The molecule has 0 unspecified atom stereocenters. The van der Waals surface area contributed by atoms with Crippen molar-refractivity contribution in [2.24, 2.45) is 5.92 Å². The van der Waals surface area contributed by atoms with Crippen molar-refractivity contribution in [3.05, 3.63) is 30.0 Å². The third-order valence-electron chi connectivity index (χ3n) is 3.70. The molecule has 0 aliphatic heterocycles. The normalized spacial score (nSPS) is 16.2. The molecule has 1 aliphatic carbocycles. The van der Waals surface area contributed by atoms with Gasteiger partial charge in [-0.25, -0.2) is 0 Å². The summed E-state index contributed by atoms with van der Waals surface area (Å²) in [5.74, 6) is 0.982. The number of ether oxygens (including phenoxy) is 1. The third-order valence-corrected chi connectivity index (χ3v) is 3.70. The molecule has 0 atom stereocenters. The Morgan fingerprint density at radius 3 is 2.83 bits per heavy atom. The van der Waals surface area contributed by atoms with Gasteiger partial charge < -0.3 is 9.72 Å². The van der Waals surface area contributed by atoms with Crippen LogP contribution in [0.1, 0.15) is 24.8 Å². The fraction of sp³-hybridized carbons (Fsp3) is 0.429. The average molecular weight is 251 g/mol. The van der Waals surface area contributed by atoms with E-state index in [2.05, 4.69) is 9.72 Å². The van der Waals surface area contributed by atoms with Crippen molar-refractivity contribution in [1.29, 1.82) is 0 Å². The van der Waals surface area contributed by atoms with Gasteiger partial charge in [-0.2, -0.15) is 8.78 Å². The van der Waals surface area contributed by atoms with Crippen LogP contribution in [-0.4, -0.2) is 11.6 Å². The highest BCUT2D eigenvalue weighted by Gasteiger charge is 2.19. The van der Waals surface area contributed by atoms with Crippen molar-refractivity contribution in [1.82, 2.24) is 4.98 Å². The quantitative estimate of drug-likeness (QED) is 0.869. The first-order valence-corrected chi connectivity index (χ1v) is 6.27. The minimum atomic E-state index is -2.77. The number of hydrogen-bond acceptors (Lipinski definition) is 1. The van der Waals surface area contributed by atoms with E-state index in [1.165, 1.54) is 24.8 Å². The van der Waals surface area contributed by atoms with Crippen LogP contribution in [0.15, 0.2) is 24.4 Å². The lowest BCUT2D eigenvalue weighted by atomic mass is 9.81. The fourth-order valence-corrected chi connectivity index (χ4v) is 2.51. The second-order valence-corrected chi connectivity index (χ2v) is 4.90. The first-order chi connectivity index (χ1) is 8.72. The first-order valence-electron chi connectivity index (χ1n) is 6.27. The Morgan fingerprint density at radius 2 is 2.17 bits per heavy atom. The van der Waals surface area contributed by atoms with Crippen LogP contribution >= 0.6 is 0 Å². The highest BCUT2D eigenvalue weighted by Crippen LogP contribution is 2.33. The summed E-state index contributed by atoms with van der Waals surface area (Å²) in [5, 5.41) is 1.00. The molecule has 3 rings (SSSR count). The molecular formula is C14H15F2NO. The molecule has 0 spiro atoms. The van der Waals surface area contributed by atoms with E-state index in [1.54, 1.807) is 18.2 Å². The van der Waals surface area contributed by atoms with Gasteiger partial charge >= 0.3 is 6.61 Å². The number of halogens is 2. The smallest absolute Gasteiger partial charge is 0.387 e. The van der Waals surface area contributed by atoms with Gasteiger partial charge in [-0.3, -0.25) is 0 Å². The van der Waals surface area contributed by atoms with Crippen LogP contribution in [0.2, 0.25) is 0 Å². The predicted octanol–water partition coefficient (Wildman–Crippen LogP) is 4.11. The van der Waals surface area contributed by atoms with E-state index in [0.717, 1.165) is 23.2 Å². The summed E-state index contributed by atoms with van der Waals surface area (Å²) in [5.41, 5.74) is 2.18. The molecule has 0 bridgehead atoms. The second kappa shape index (κ2) is 4.59. The molecule has 1 aromatic heterocycles. The Balaban J connectivity index is 1.88. The van der Waals surface area contributed by atoms with Gasteiger partial charge in [0.1, 0.15) is 5.75 Å². The molecule has 0 saturated heterocycles. The Morgan fingerprint density at radius 1 is 1.33 bits per heavy atom. The van der Waals surface area contributed by atoms with Gasteiger partial charge in [-0.15, -0.1) is 0 Å². The second-order valence-electron chi connectivity index (χ2n) is 4.90. The molecule has 2 nitrogen and oxygen atoms in total. The van der Waals surface area contributed by atoms with Gasteiger partial charge in [0.2, 0.25) is 0 Å². The summed E-state index contributed by atoms with van der Waals surface area (Å²) in [6.45, 7) is -2.77. The number of alkyl halides is 2. The van der Waals surface area contributed by atoms with Crippen molar-refractivity contribution in [3.63, 3.8) is 0 Å². The molecule has 2 aromatic rings. The van der Waals surface area contributed by atoms with Gasteiger partial charge in [-0.1, -0.05) is 19.3 Å². The molecule has 0 amide bonds. The lowest BCUT2D eigenvalue weighted by Gasteiger charge is -2.24. The van der Waals surface area contributed by atoms with E-state index in [1.807, 2.05) is 6.20 Å². The molecule has 1 aliphatic rings. The monoisotopic (exact) mass is 251 g/mol. The summed E-state index contributed by atoms with van der Waals surface area (Å²) in [4.78, 5) is 3.18. The Labute approximate surface area is 104 Å². The maximum Gasteiger partial charge on any atom is 0.387 e. The fourth-order valence-electron chi connectivity index (χ4n) is 2.51. The predicted molar refractivity (Wildman–Crippen MR) is 66.0 cm³/mol. The highest BCUT2D eigenvalue weighted by atomic mass is 19.3. The molecular weight excluding hydrogens is 236 g/mol. The van der Waals surface area contributed by atoms with E-state index < -0.39 is 6.61 Å². The summed E-state index contributed by atoms with van der Waals surface area (Å²) in [6.07, 6.45) is 6.87. The van der Waals surface area contributed by atoms with Gasteiger partial charge in [0.25, 0.3) is 0 Å². The van der Waals surface area contributed by atoms with Crippen LogP contribution in [0.25, 0.3) is 10.9 Å². The van der Waals surface area contributed by atoms with Gasteiger partial charge in [0.15, 0.2) is 0 Å². The number of fused-ring (bicyclic) bond motifs is 1. The maximum absolute atomic E-state index is 12.2. The van der Waals surface area contributed by atoms with Crippen LogP contribution < -0.4 is 4.74 Å². The number of hydrogen-bond donors (Lipinski definition) is 1. The van der Waals surface area contributed by atoms with Crippen molar-refractivity contribution >= 4 is 10.9 Å². The minimum absolute atomic E-state index is 0.229. The molecule has 1 fully saturated rings. The Bertz CT molecular complexity index is 546. The number of rotatable bonds is 4. The summed E-state index contributed by atoms with van der Waals surface area (Å²) < 4.78 is 28.8. The largest absolute Gasteiger partial charge is 0.435 e. The molecule has 18 heavy (non-hydrogen) atoms. The summed E-state index contributed by atoms with van der Waals surface area (Å²) in [7, 11) is 0. The third kappa shape index (κ3) is 2.19. The highest BCUT2D eigenvalue weighted by molar-refractivity contribution is 5.84. The molecule has 1 N–H and O–H groups in total. The Kier molecular flexibility index (Phi) is 2.94. The molecule has 4 heteroatoms. The van der Waals surface area contributed by atoms with E-state index in [9.17, 15) is 8.78 Å². The lowest BCUT2D eigenvalue weighted by molar-refractivity contribution is -0.0497. The number of benzene rings is 1. The lowest BCUT2D eigenvalue weighted by Crippen LogP contribution is -2.13. The molecule has 96 valence electrons. The van der Waals surface area contributed by atoms with Crippen molar-refractivity contribution < 1.29 is 13.5 Å².